The molecule has 0 fully saturated rings. The molecule has 1 aromatic heterocycles. The maximum absolute atomic E-state index is 13.0. The van der Waals surface area contributed by atoms with Crippen molar-refractivity contribution in [3.63, 3.8) is 0 Å². The summed E-state index contributed by atoms with van der Waals surface area (Å²) in [6.07, 6.45) is 0.761. The molecule has 2 aromatic carbocycles. The fourth-order valence-electron chi connectivity index (χ4n) is 3.83. The van der Waals surface area contributed by atoms with Gasteiger partial charge in [-0.15, -0.1) is 10.2 Å². The predicted molar refractivity (Wildman–Crippen MR) is 130 cm³/mol. The molecule has 4 rings (SSSR count). The molecule has 1 amide bonds. The molecule has 35 heavy (non-hydrogen) atoms. The number of nitrogens with one attached hydrogen (secondary N) is 1. The van der Waals surface area contributed by atoms with Crippen LogP contribution in [0.4, 0.5) is 0 Å². The molecule has 2 heterocycles. The van der Waals surface area contributed by atoms with Gasteiger partial charge in [0, 0.05) is 28.0 Å². The average Bonchev–Trinajstić information content (AvgIpc) is 3.08. The van der Waals surface area contributed by atoms with E-state index in [-0.39, 0.29) is 24.3 Å². The minimum Gasteiger partial charge on any atom is -0.480 e. The second-order valence-corrected chi connectivity index (χ2v) is 10.8. The average molecular weight is 516 g/mol. The molecule has 10 nitrogen and oxygen atoms in total. The van der Waals surface area contributed by atoms with Crippen LogP contribution in [-0.2, 0) is 21.2 Å². The van der Waals surface area contributed by atoms with Crippen LogP contribution in [0.25, 0.3) is 5.69 Å². The van der Waals surface area contributed by atoms with Gasteiger partial charge in [0.1, 0.15) is 28.2 Å². The third-order valence-corrected chi connectivity index (χ3v) is 6.84. The highest BCUT2D eigenvalue weighted by Gasteiger charge is 2.26. The van der Waals surface area contributed by atoms with Gasteiger partial charge in [0.15, 0.2) is 5.82 Å². The lowest BCUT2D eigenvalue weighted by Crippen LogP contribution is -2.42. The molecule has 0 radical (unpaired) electrons. The van der Waals surface area contributed by atoms with Gasteiger partial charge in [0.2, 0.25) is 0 Å². The lowest BCUT2D eigenvalue weighted by atomic mass is 9.97. The summed E-state index contributed by atoms with van der Waals surface area (Å²) in [5.74, 6) is -1.08. The number of halogens is 1. The van der Waals surface area contributed by atoms with Crippen molar-refractivity contribution in [2.24, 2.45) is 4.99 Å². The van der Waals surface area contributed by atoms with Gasteiger partial charge in [-0.1, -0.05) is 29.8 Å². The number of carboxylic acid groups (broad SMARTS) is 1. The first-order valence-electron chi connectivity index (χ1n) is 10.6. The highest BCUT2D eigenvalue weighted by molar-refractivity contribution is 7.90. The number of sulfone groups is 1. The quantitative estimate of drug-likeness (QED) is 0.490. The number of carbonyl (C=O) groups is 2. The number of fused-ring (bicyclic) bond motifs is 3. The Bertz CT molecular complexity index is 1460. The summed E-state index contributed by atoms with van der Waals surface area (Å²) < 4.78 is 24.8. The zero-order chi connectivity index (χ0) is 25.3. The zero-order valence-corrected chi connectivity index (χ0v) is 20.5. The topological polar surface area (TPSA) is 144 Å². The van der Waals surface area contributed by atoms with Crippen molar-refractivity contribution < 1.29 is 23.1 Å². The number of benzene rings is 2. The number of aryl methyl sites for hydroxylation is 1. The van der Waals surface area contributed by atoms with E-state index in [0.29, 0.717) is 39.2 Å². The van der Waals surface area contributed by atoms with Crippen molar-refractivity contribution in [3.05, 3.63) is 75.8 Å². The van der Waals surface area contributed by atoms with Crippen molar-refractivity contribution in [2.45, 2.75) is 25.9 Å². The SMILES string of the molecule is Cc1nnc2n1-c1ccc(C(=O)N[C@@H](CCS(C)(=O)=O)C(=O)O)cc1C(c1ccccc1Cl)=NC2. The Morgan fingerprint density at radius 3 is 2.60 bits per heavy atom. The van der Waals surface area contributed by atoms with Crippen LogP contribution < -0.4 is 5.32 Å². The van der Waals surface area contributed by atoms with E-state index in [4.69, 9.17) is 16.6 Å². The number of hydrogen-bond acceptors (Lipinski definition) is 7. The van der Waals surface area contributed by atoms with E-state index in [1.54, 1.807) is 37.3 Å². The molecule has 3 aromatic rings. The Kier molecular flexibility index (Phi) is 6.73. The standard InChI is InChI=1S/C23H22ClN5O5S/c1-13-27-28-20-12-25-21(15-5-3-4-6-17(15)24)16-11-14(7-8-19(16)29(13)20)22(30)26-18(23(31)32)9-10-35(2,33)34/h3-8,11,18H,9-10,12H2,1-2H3,(H,26,30)(H,31,32)/t18-/m0/s1. The van der Waals surface area contributed by atoms with Crippen molar-refractivity contribution >= 4 is 39.0 Å². The first kappa shape index (κ1) is 24.6. The summed E-state index contributed by atoms with van der Waals surface area (Å²) in [5.41, 5.74) is 2.69. The van der Waals surface area contributed by atoms with Crippen LogP contribution in [0.15, 0.2) is 47.5 Å². The van der Waals surface area contributed by atoms with E-state index in [1.807, 2.05) is 16.7 Å². The number of rotatable bonds is 7. The van der Waals surface area contributed by atoms with Gasteiger partial charge in [-0.25, -0.2) is 13.2 Å². The fourth-order valence-corrected chi connectivity index (χ4v) is 4.72. The molecule has 0 spiro atoms. The van der Waals surface area contributed by atoms with E-state index < -0.39 is 27.8 Å². The largest absolute Gasteiger partial charge is 0.480 e. The normalized spacial score (nSPS) is 13.7. The molecule has 0 saturated carbocycles. The molecule has 2 N–H and O–H groups in total. The first-order valence-corrected chi connectivity index (χ1v) is 13.1. The number of nitrogens with zero attached hydrogens (tertiary/aromatic N) is 4. The first-order chi connectivity index (χ1) is 16.5. The van der Waals surface area contributed by atoms with Crippen LogP contribution in [0.2, 0.25) is 5.02 Å². The van der Waals surface area contributed by atoms with Crippen molar-refractivity contribution in [3.8, 4) is 5.69 Å². The lowest BCUT2D eigenvalue weighted by Gasteiger charge is -2.17. The molecule has 0 unspecified atom stereocenters. The van der Waals surface area contributed by atoms with E-state index in [0.717, 1.165) is 6.26 Å². The van der Waals surface area contributed by atoms with Crippen LogP contribution in [0.1, 0.15) is 39.6 Å². The number of carboxylic acids is 1. The second kappa shape index (κ2) is 9.59. The summed E-state index contributed by atoms with van der Waals surface area (Å²) >= 11 is 6.46. The fraction of sp³-hybridized carbons (Fsp3) is 0.261. The van der Waals surface area contributed by atoms with Crippen LogP contribution in [-0.4, -0.2) is 63.9 Å². The van der Waals surface area contributed by atoms with Gasteiger partial charge in [0.25, 0.3) is 5.91 Å². The van der Waals surface area contributed by atoms with Crippen LogP contribution >= 0.6 is 11.6 Å². The second-order valence-electron chi connectivity index (χ2n) is 8.16. The van der Waals surface area contributed by atoms with Gasteiger partial charge in [0.05, 0.1) is 17.2 Å². The molecule has 182 valence electrons. The van der Waals surface area contributed by atoms with Crippen molar-refractivity contribution in [1.29, 1.82) is 0 Å². The molecule has 12 heteroatoms. The molecular formula is C23H22ClN5O5S. The predicted octanol–water partition coefficient (Wildman–Crippen LogP) is 2.20. The number of aromatic nitrogens is 3. The van der Waals surface area contributed by atoms with Crippen molar-refractivity contribution in [1.82, 2.24) is 20.1 Å². The van der Waals surface area contributed by atoms with Gasteiger partial charge < -0.3 is 10.4 Å². The smallest absolute Gasteiger partial charge is 0.326 e. The lowest BCUT2D eigenvalue weighted by molar-refractivity contribution is -0.139. The summed E-state index contributed by atoms with van der Waals surface area (Å²) in [5, 5.41) is 20.7. The van der Waals surface area contributed by atoms with E-state index in [9.17, 15) is 23.1 Å². The van der Waals surface area contributed by atoms with Crippen LogP contribution in [0, 0.1) is 6.92 Å². The van der Waals surface area contributed by atoms with Crippen molar-refractivity contribution in [2.75, 3.05) is 12.0 Å². The zero-order valence-electron chi connectivity index (χ0n) is 18.9. The monoisotopic (exact) mass is 515 g/mol. The van der Waals surface area contributed by atoms with Crippen LogP contribution in [0.5, 0.6) is 0 Å². The molecule has 1 atom stereocenters. The highest BCUT2D eigenvalue weighted by atomic mass is 35.5. The minimum absolute atomic E-state index is 0.184. The molecule has 0 bridgehead atoms. The highest BCUT2D eigenvalue weighted by Crippen LogP contribution is 2.29. The van der Waals surface area contributed by atoms with E-state index >= 15 is 0 Å². The van der Waals surface area contributed by atoms with E-state index in [2.05, 4.69) is 15.5 Å². The number of aliphatic carboxylic acids is 1. The molecule has 1 aliphatic heterocycles. The number of aliphatic imine (C=N–C) groups is 1. The summed E-state index contributed by atoms with van der Waals surface area (Å²) in [6.45, 7) is 2.05. The van der Waals surface area contributed by atoms with Crippen LogP contribution in [0.3, 0.4) is 0 Å². The Morgan fingerprint density at radius 2 is 1.91 bits per heavy atom. The third kappa shape index (κ3) is 5.25. The molecular weight excluding hydrogens is 494 g/mol. The Labute approximate surface area is 206 Å². The summed E-state index contributed by atoms with van der Waals surface area (Å²) in [7, 11) is -3.40. The van der Waals surface area contributed by atoms with Gasteiger partial charge in [-0.2, -0.15) is 0 Å². The van der Waals surface area contributed by atoms with E-state index in [1.165, 1.54) is 0 Å². The summed E-state index contributed by atoms with van der Waals surface area (Å²) in [4.78, 5) is 29.3. The summed E-state index contributed by atoms with van der Waals surface area (Å²) in [6, 6.07) is 10.7. The number of carbonyl (C=O) groups excluding carboxylic acids is 1. The Balaban J connectivity index is 1.76. The van der Waals surface area contributed by atoms with Gasteiger partial charge in [-0.05, 0) is 37.6 Å². The minimum atomic E-state index is -3.40. The van der Waals surface area contributed by atoms with Gasteiger partial charge in [-0.3, -0.25) is 14.4 Å². The number of hydrogen-bond donors (Lipinski definition) is 2. The Hall–Kier alpha value is -3.57. The molecule has 0 saturated heterocycles. The maximum Gasteiger partial charge on any atom is 0.326 e. The Morgan fingerprint density at radius 1 is 1.17 bits per heavy atom. The number of amides is 1. The molecule has 1 aliphatic rings. The maximum atomic E-state index is 13.0. The third-order valence-electron chi connectivity index (χ3n) is 5.53. The van der Waals surface area contributed by atoms with Gasteiger partial charge >= 0.3 is 5.97 Å². The molecule has 0 aliphatic carbocycles.